The highest BCUT2D eigenvalue weighted by Crippen LogP contribution is 2.30. The van der Waals surface area contributed by atoms with Crippen molar-refractivity contribution < 1.29 is 14.3 Å². The first-order valence-electron chi connectivity index (χ1n) is 5.17. The third-order valence-corrected chi connectivity index (χ3v) is 2.41. The predicted molar refractivity (Wildman–Crippen MR) is 58.1 cm³/mol. The number of carbonyl (C=O) groups is 1. The number of ether oxygens (including phenoxy) is 2. The van der Waals surface area contributed by atoms with E-state index in [0.29, 0.717) is 26.1 Å². The van der Waals surface area contributed by atoms with E-state index >= 15 is 0 Å². The second-order valence-electron chi connectivity index (χ2n) is 3.55. The lowest BCUT2D eigenvalue weighted by Crippen LogP contribution is -2.30. The van der Waals surface area contributed by atoms with Crippen LogP contribution in [0.4, 0.5) is 0 Å². The smallest absolute Gasteiger partial charge is 0.234 e. The number of hydrazine groups is 1. The number of aryl methyl sites for hydroxylation is 1. The number of nitrogens with two attached hydrogens (primary N) is 1. The molecule has 3 N–H and O–H groups in total. The van der Waals surface area contributed by atoms with E-state index in [0.717, 1.165) is 17.1 Å². The normalized spacial score (nSPS) is 13.3. The fraction of sp³-hybridized carbons (Fsp3) is 0.364. The van der Waals surface area contributed by atoms with Crippen LogP contribution in [0.5, 0.6) is 11.5 Å². The zero-order valence-corrected chi connectivity index (χ0v) is 8.86. The molecule has 1 aromatic rings. The van der Waals surface area contributed by atoms with E-state index in [1.165, 1.54) is 0 Å². The van der Waals surface area contributed by atoms with Crippen LogP contribution in [-0.4, -0.2) is 19.1 Å². The quantitative estimate of drug-likeness (QED) is 0.440. The van der Waals surface area contributed by atoms with Crippen LogP contribution in [0.15, 0.2) is 18.2 Å². The Labute approximate surface area is 93.5 Å². The van der Waals surface area contributed by atoms with E-state index in [9.17, 15) is 4.79 Å². The predicted octanol–water partition coefficient (Wildman–Crippen LogP) is 0.380. The minimum atomic E-state index is -0.171. The number of benzene rings is 1. The molecule has 1 aliphatic heterocycles. The lowest BCUT2D eigenvalue weighted by Gasteiger charge is -2.18. The first-order valence-corrected chi connectivity index (χ1v) is 5.17. The number of hydrogen-bond donors (Lipinski definition) is 2. The first-order chi connectivity index (χ1) is 7.79. The Bertz CT molecular complexity index is 393. The largest absolute Gasteiger partial charge is 0.486 e. The second-order valence-corrected chi connectivity index (χ2v) is 3.55. The second kappa shape index (κ2) is 4.85. The van der Waals surface area contributed by atoms with Gasteiger partial charge in [-0.05, 0) is 24.1 Å². The molecule has 2 rings (SSSR count). The van der Waals surface area contributed by atoms with Crippen molar-refractivity contribution in [3.05, 3.63) is 23.8 Å². The molecule has 5 heteroatoms. The molecule has 1 aliphatic rings. The van der Waals surface area contributed by atoms with Gasteiger partial charge in [-0.25, -0.2) is 5.84 Å². The van der Waals surface area contributed by atoms with E-state index in [-0.39, 0.29) is 5.91 Å². The summed E-state index contributed by atoms with van der Waals surface area (Å²) >= 11 is 0. The lowest BCUT2D eigenvalue weighted by molar-refractivity contribution is -0.121. The van der Waals surface area contributed by atoms with E-state index in [2.05, 4.69) is 5.43 Å². The molecule has 0 unspecified atom stereocenters. The zero-order chi connectivity index (χ0) is 11.4. The number of nitrogens with one attached hydrogen (secondary N) is 1. The fourth-order valence-electron chi connectivity index (χ4n) is 1.57. The van der Waals surface area contributed by atoms with Crippen molar-refractivity contribution in [1.29, 1.82) is 0 Å². The minimum absolute atomic E-state index is 0.171. The van der Waals surface area contributed by atoms with Crippen LogP contribution >= 0.6 is 0 Å². The average Bonchev–Trinajstić information content (AvgIpc) is 2.35. The van der Waals surface area contributed by atoms with Gasteiger partial charge in [-0.1, -0.05) is 6.07 Å². The van der Waals surface area contributed by atoms with Crippen LogP contribution in [0.25, 0.3) is 0 Å². The van der Waals surface area contributed by atoms with Crippen LogP contribution in [0.3, 0.4) is 0 Å². The summed E-state index contributed by atoms with van der Waals surface area (Å²) in [6.45, 7) is 1.15. The van der Waals surface area contributed by atoms with Crippen molar-refractivity contribution in [3.8, 4) is 11.5 Å². The third kappa shape index (κ3) is 2.43. The highest BCUT2D eigenvalue weighted by Gasteiger charge is 2.11. The lowest BCUT2D eigenvalue weighted by atomic mass is 10.1. The van der Waals surface area contributed by atoms with Crippen molar-refractivity contribution in [1.82, 2.24) is 5.43 Å². The summed E-state index contributed by atoms with van der Waals surface area (Å²) in [5.74, 6) is 6.34. The summed E-state index contributed by atoms with van der Waals surface area (Å²) in [7, 11) is 0. The molecule has 0 saturated carbocycles. The van der Waals surface area contributed by atoms with E-state index in [1.807, 2.05) is 18.2 Å². The van der Waals surface area contributed by atoms with Crippen molar-refractivity contribution in [2.75, 3.05) is 13.2 Å². The Morgan fingerprint density at radius 1 is 1.31 bits per heavy atom. The summed E-state index contributed by atoms with van der Waals surface area (Å²) < 4.78 is 10.8. The molecule has 0 fully saturated rings. The minimum Gasteiger partial charge on any atom is -0.486 e. The summed E-state index contributed by atoms with van der Waals surface area (Å²) in [5, 5.41) is 0. The number of carbonyl (C=O) groups excluding carboxylic acids is 1. The van der Waals surface area contributed by atoms with Gasteiger partial charge in [0.2, 0.25) is 5.91 Å². The number of amides is 1. The van der Waals surface area contributed by atoms with Gasteiger partial charge < -0.3 is 9.47 Å². The molecule has 16 heavy (non-hydrogen) atoms. The Balaban J connectivity index is 2.03. The van der Waals surface area contributed by atoms with Gasteiger partial charge in [-0.15, -0.1) is 0 Å². The molecule has 0 aromatic heterocycles. The molecule has 0 aliphatic carbocycles. The maximum absolute atomic E-state index is 11.0. The monoisotopic (exact) mass is 222 g/mol. The van der Waals surface area contributed by atoms with Crippen molar-refractivity contribution in [3.63, 3.8) is 0 Å². The molecule has 0 atom stereocenters. The SMILES string of the molecule is NNC(=O)CCc1ccc2c(c1)OCCO2. The van der Waals surface area contributed by atoms with Gasteiger partial charge in [0, 0.05) is 6.42 Å². The maximum atomic E-state index is 11.0. The molecule has 0 spiro atoms. The third-order valence-electron chi connectivity index (χ3n) is 2.41. The van der Waals surface area contributed by atoms with Gasteiger partial charge in [0.05, 0.1) is 0 Å². The molecule has 1 amide bonds. The molecule has 0 radical (unpaired) electrons. The van der Waals surface area contributed by atoms with Gasteiger partial charge in [0.15, 0.2) is 11.5 Å². The Kier molecular flexibility index (Phi) is 3.26. The van der Waals surface area contributed by atoms with Gasteiger partial charge in [0.25, 0.3) is 0 Å². The Morgan fingerprint density at radius 2 is 2.06 bits per heavy atom. The highest BCUT2D eigenvalue weighted by atomic mass is 16.6. The molecule has 86 valence electrons. The van der Waals surface area contributed by atoms with Gasteiger partial charge in [0.1, 0.15) is 13.2 Å². The number of rotatable bonds is 3. The molecule has 1 aromatic carbocycles. The summed E-state index contributed by atoms with van der Waals surface area (Å²) in [5.41, 5.74) is 3.14. The van der Waals surface area contributed by atoms with E-state index in [1.54, 1.807) is 0 Å². The van der Waals surface area contributed by atoms with Crippen molar-refractivity contribution >= 4 is 5.91 Å². The molecular formula is C11H14N2O3. The van der Waals surface area contributed by atoms with Crippen molar-refractivity contribution in [2.24, 2.45) is 5.84 Å². The summed E-state index contributed by atoms with van der Waals surface area (Å²) in [6, 6.07) is 5.69. The number of fused-ring (bicyclic) bond motifs is 1. The fourth-order valence-corrected chi connectivity index (χ4v) is 1.57. The van der Waals surface area contributed by atoms with Crippen LogP contribution in [0.1, 0.15) is 12.0 Å². The summed E-state index contributed by atoms with van der Waals surface area (Å²) in [6.07, 6.45) is 1.01. The molecule has 5 nitrogen and oxygen atoms in total. The zero-order valence-electron chi connectivity index (χ0n) is 8.86. The van der Waals surface area contributed by atoms with E-state index in [4.69, 9.17) is 15.3 Å². The Morgan fingerprint density at radius 3 is 2.81 bits per heavy atom. The van der Waals surface area contributed by atoms with Crippen LogP contribution < -0.4 is 20.7 Å². The van der Waals surface area contributed by atoms with Crippen LogP contribution in [0, 0.1) is 0 Å². The summed E-state index contributed by atoms with van der Waals surface area (Å²) in [4.78, 5) is 11.0. The molecular weight excluding hydrogens is 208 g/mol. The average molecular weight is 222 g/mol. The molecule has 0 saturated heterocycles. The van der Waals surface area contributed by atoms with Gasteiger partial charge in [-0.2, -0.15) is 0 Å². The maximum Gasteiger partial charge on any atom is 0.234 e. The van der Waals surface area contributed by atoms with E-state index < -0.39 is 0 Å². The van der Waals surface area contributed by atoms with Crippen LogP contribution in [0.2, 0.25) is 0 Å². The Hall–Kier alpha value is -1.75. The van der Waals surface area contributed by atoms with Crippen molar-refractivity contribution in [2.45, 2.75) is 12.8 Å². The van der Waals surface area contributed by atoms with Gasteiger partial charge >= 0.3 is 0 Å². The molecule has 0 bridgehead atoms. The highest BCUT2D eigenvalue weighted by molar-refractivity contribution is 5.75. The first kappa shape index (κ1) is 10.8. The number of hydrogen-bond acceptors (Lipinski definition) is 4. The van der Waals surface area contributed by atoms with Gasteiger partial charge in [-0.3, -0.25) is 10.2 Å². The van der Waals surface area contributed by atoms with Crippen LogP contribution in [-0.2, 0) is 11.2 Å². The standard InChI is InChI=1S/C11H14N2O3/c12-13-11(14)4-2-8-1-3-9-10(7-8)16-6-5-15-9/h1,3,7H,2,4-6,12H2,(H,13,14). The topological polar surface area (TPSA) is 73.6 Å². The molecule has 1 heterocycles.